The second kappa shape index (κ2) is 8.15. The van der Waals surface area contributed by atoms with Gasteiger partial charge in [-0.3, -0.25) is 4.79 Å². The lowest BCUT2D eigenvalue weighted by Crippen LogP contribution is -2.39. The Morgan fingerprint density at radius 3 is 2.35 bits per heavy atom. The van der Waals surface area contributed by atoms with Crippen molar-refractivity contribution >= 4 is 40.1 Å². The number of fused-ring (bicyclic) bond motifs is 3. The average Bonchev–Trinajstić information content (AvgIpc) is 3.17. The SMILES string of the molecule is COc1cc(C2(CC(=O)O)OCCc3c2[nH]c2c(Cl)ccc(Cl)c32)cc(OC)c1OC. The van der Waals surface area contributed by atoms with E-state index in [-0.39, 0.29) is 6.42 Å². The van der Waals surface area contributed by atoms with Crippen LogP contribution in [0.5, 0.6) is 17.2 Å². The number of hydrogen-bond acceptors (Lipinski definition) is 5. The molecule has 9 heteroatoms. The minimum Gasteiger partial charge on any atom is -0.493 e. The summed E-state index contributed by atoms with van der Waals surface area (Å²) in [5, 5.41) is 11.6. The van der Waals surface area contributed by atoms with Crippen molar-refractivity contribution in [2.45, 2.75) is 18.4 Å². The van der Waals surface area contributed by atoms with E-state index in [0.29, 0.717) is 57.1 Å². The number of benzene rings is 2. The van der Waals surface area contributed by atoms with Gasteiger partial charge in [0.15, 0.2) is 11.5 Å². The van der Waals surface area contributed by atoms with Gasteiger partial charge in [0.2, 0.25) is 5.75 Å². The van der Waals surface area contributed by atoms with E-state index in [1.807, 2.05) is 0 Å². The molecule has 0 amide bonds. The standard InChI is InChI=1S/C22H21Cl2NO6/c1-28-15-8-11(9-16(29-2)20(15)30-3)22(10-17(26)27)21-12(6-7-31-22)18-13(23)4-5-14(24)19(18)25-21/h4-5,8-9,25H,6-7,10H2,1-3H3,(H,26,27). The van der Waals surface area contributed by atoms with Crippen LogP contribution in [0, 0.1) is 0 Å². The van der Waals surface area contributed by atoms with Gasteiger partial charge in [-0.1, -0.05) is 23.2 Å². The van der Waals surface area contributed by atoms with Gasteiger partial charge in [0, 0.05) is 5.39 Å². The normalized spacial score (nSPS) is 18.0. The first kappa shape index (κ1) is 21.6. The molecule has 1 aliphatic heterocycles. The van der Waals surface area contributed by atoms with Gasteiger partial charge in [-0.25, -0.2) is 0 Å². The van der Waals surface area contributed by atoms with Gasteiger partial charge < -0.3 is 29.0 Å². The van der Waals surface area contributed by atoms with Crippen molar-refractivity contribution in [1.29, 1.82) is 0 Å². The lowest BCUT2D eigenvalue weighted by atomic mass is 9.82. The number of hydrogen-bond donors (Lipinski definition) is 2. The third-order valence-corrected chi connectivity index (χ3v) is 6.22. The number of H-pyrrole nitrogens is 1. The summed E-state index contributed by atoms with van der Waals surface area (Å²) in [6, 6.07) is 6.84. The topological polar surface area (TPSA) is 90.0 Å². The average molecular weight is 466 g/mol. The Hall–Kier alpha value is -2.61. The second-order valence-corrected chi connectivity index (χ2v) is 7.98. The van der Waals surface area contributed by atoms with E-state index in [1.165, 1.54) is 21.3 Å². The maximum Gasteiger partial charge on any atom is 0.307 e. The maximum absolute atomic E-state index is 12.0. The zero-order valence-electron chi connectivity index (χ0n) is 17.2. The smallest absolute Gasteiger partial charge is 0.307 e. The third kappa shape index (κ3) is 3.37. The molecule has 2 aromatic carbocycles. The monoisotopic (exact) mass is 465 g/mol. The van der Waals surface area contributed by atoms with Gasteiger partial charge in [-0.2, -0.15) is 0 Å². The number of aromatic amines is 1. The van der Waals surface area contributed by atoms with E-state index >= 15 is 0 Å². The summed E-state index contributed by atoms with van der Waals surface area (Å²) in [5.41, 5.74) is 1.33. The predicted octanol–water partition coefficient (Wildman–Crippen LogP) is 4.79. The number of ether oxygens (including phenoxy) is 4. The molecule has 1 aliphatic rings. The van der Waals surface area contributed by atoms with Crippen molar-refractivity contribution in [3.63, 3.8) is 0 Å². The van der Waals surface area contributed by atoms with Crippen LogP contribution < -0.4 is 14.2 Å². The van der Waals surface area contributed by atoms with Gasteiger partial charge in [-0.05, 0) is 41.8 Å². The summed E-state index contributed by atoms with van der Waals surface area (Å²) >= 11 is 12.9. The van der Waals surface area contributed by atoms with Crippen LogP contribution in [0.25, 0.3) is 10.9 Å². The van der Waals surface area contributed by atoms with Crippen LogP contribution in [0.2, 0.25) is 10.0 Å². The van der Waals surface area contributed by atoms with Crippen LogP contribution in [-0.4, -0.2) is 44.0 Å². The molecule has 31 heavy (non-hydrogen) atoms. The van der Waals surface area contributed by atoms with Crippen LogP contribution in [0.1, 0.15) is 23.2 Å². The molecule has 1 atom stereocenters. The van der Waals surface area contributed by atoms with Crippen LogP contribution in [0.15, 0.2) is 24.3 Å². The zero-order valence-corrected chi connectivity index (χ0v) is 18.7. The molecule has 7 nitrogen and oxygen atoms in total. The summed E-state index contributed by atoms with van der Waals surface area (Å²) in [4.78, 5) is 15.3. The van der Waals surface area contributed by atoms with Crippen molar-refractivity contribution < 1.29 is 28.8 Å². The second-order valence-electron chi connectivity index (χ2n) is 7.17. The van der Waals surface area contributed by atoms with Gasteiger partial charge in [-0.15, -0.1) is 0 Å². The number of methoxy groups -OCH3 is 3. The van der Waals surface area contributed by atoms with Gasteiger partial charge in [0.05, 0.1) is 55.6 Å². The quantitative estimate of drug-likeness (QED) is 0.543. The highest BCUT2D eigenvalue weighted by Crippen LogP contribution is 2.49. The molecule has 4 rings (SSSR count). The Kier molecular flexibility index (Phi) is 5.68. The van der Waals surface area contributed by atoms with Crippen molar-refractivity contribution in [2.75, 3.05) is 27.9 Å². The van der Waals surface area contributed by atoms with Crippen molar-refractivity contribution in [1.82, 2.24) is 4.98 Å². The first-order chi connectivity index (χ1) is 14.9. The van der Waals surface area contributed by atoms with Gasteiger partial charge in [0.25, 0.3) is 0 Å². The van der Waals surface area contributed by atoms with E-state index in [4.69, 9.17) is 42.1 Å². The highest BCUT2D eigenvalue weighted by atomic mass is 35.5. The molecule has 164 valence electrons. The fourth-order valence-electron chi connectivity index (χ4n) is 4.29. The number of aliphatic carboxylic acids is 1. The fourth-order valence-corrected chi connectivity index (χ4v) is 4.76. The number of carbonyl (C=O) groups is 1. The van der Waals surface area contributed by atoms with E-state index in [2.05, 4.69) is 4.98 Å². The number of nitrogens with one attached hydrogen (secondary N) is 1. The molecule has 0 bridgehead atoms. The van der Waals surface area contributed by atoms with Gasteiger partial charge >= 0.3 is 5.97 Å². The summed E-state index contributed by atoms with van der Waals surface area (Å²) in [6.45, 7) is 0.298. The summed E-state index contributed by atoms with van der Waals surface area (Å²) in [7, 11) is 4.51. The zero-order chi connectivity index (χ0) is 22.3. The molecule has 0 fully saturated rings. The molecule has 1 aromatic heterocycles. The van der Waals surface area contributed by atoms with Crippen molar-refractivity contribution in [3.8, 4) is 17.2 Å². The Bertz CT molecular complexity index is 1150. The Balaban J connectivity index is 2.06. The van der Waals surface area contributed by atoms with E-state index in [9.17, 15) is 9.90 Å². The number of rotatable bonds is 6. The number of carboxylic acids is 1. The molecule has 0 spiro atoms. The Labute approximate surface area is 188 Å². The largest absolute Gasteiger partial charge is 0.493 e. The highest BCUT2D eigenvalue weighted by Gasteiger charge is 2.45. The molecule has 3 aromatic rings. The molecule has 0 aliphatic carbocycles. The first-order valence-electron chi connectivity index (χ1n) is 9.51. The van der Waals surface area contributed by atoms with Crippen LogP contribution in [0.4, 0.5) is 0 Å². The van der Waals surface area contributed by atoms with E-state index in [1.54, 1.807) is 24.3 Å². The molecule has 2 N–H and O–H groups in total. The van der Waals surface area contributed by atoms with E-state index in [0.717, 1.165) is 10.9 Å². The van der Waals surface area contributed by atoms with Crippen LogP contribution in [-0.2, 0) is 21.6 Å². The predicted molar refractivity (Wildman–Crippen MR) is 117 cm³/mol. The maximum atomic E-state index is 12.0. The summed E-state index contributed by atoms with van der Waals surface area (Å²) < 4.78 is 22.6. The first-order valence-corrected chi connectivity index (χ1v) is 10.3. The molecule has 2 heterocycles. The highest BCUT2D eigenvalue weighted by molar-refractivity contribution is 6.40. The molecular formula is C22H21Cl2NO6. The minimum atomic E-state index is -1.34. The lowest BCUT2D eigenvalue weighted by Gasteiger charge is -2.37. The molecule has 0 radical (unpaired) electrons. The number of halogens is 2. The van der Waals surface area contributed by atoms with Crippen molar-refractivity contribution in [2.24, 2.45) is 0 Å². The molecule has 0 saturated carbocycles. The van der Waals surface area contributed by atoms with Crippen LogP contribution >= 0.6 is 23.2 Å². The molecule has 0 saturated heterocycles. The van der Waals surface area contributed by atoms with E-state index < -0.39 is 11.6 Å². The minimum absolute atomic E-state index is 0.298. The summed E-state index contributed by atoms with van der Waals surface area (Å²) in [6.07, 6.45) is 0.224. The van der Waals surface area contributed by atoms with Crippen LogP contribution in [0.3, 0.4) is 0 Å². The molecular weight excluding hydrogens is 445 g/mol. The fraction of sp³-hybridized carbons (Fsp3) is 0.318. The third-order valence-electron chi connectivity index (χ3n) is 5.59. The van der Waals surface area contributed by atoms with Crippen molar-refractivity contribution in [3.05, 3.63) is 51.1 Å². The summed E-state index contributed by atoms with van der Waals surface area (Å²) in [5.74, 6) is 0.157. The Morgan fingerprint density at radius 1 is 1.13 bits per heavy atom. The van der Waals surface area contributed by atoms with Gasteiger partial charge in [0.1, 0.15) is 5.60 Å². The Morgan fingerprint density at radius 2 is 1.77 bits per heavy atom. The number of aromatic nitrogens is 1. The molecule has 1 unspecified atom stereocenters. The number of carboxylic acid groups (broad SMARTS) is 1. The lowest BCUT2D eigenvalue weighted by molar-refractivity contribution is -0.144.